The summed E-state index contributed by atoms with van der Waals surface area (Å²) >= 11 is 0. The van der Waals surface area contributed by atoms with Crippen LogP contribution in [0.2, 0.25) is 0 Å². The normalized spacial score (nSPS) is 12.7. The molecule has 1 aromatic rings. The maximum Gasteiger partial charge on any atom is 0.251 e. The second-order valence-electron chi connectivity index (χ2n) is 4.40. The second-order valence-corrected chi connectivity index (χ2v) is 4.40. The summed E-state index contributed by atoms with van der Waals surface area (Å²) < 4.78 is 0. The fourth-order valence-electron chi connectivity index (χ4n) is 2.21. The quantitative estimate of drug-likeness (QED) is 0.367. The van der Waals surface area contributed by atoms with Crippen LogP contribution in [0.15, 0.2) is 23.3 Å². The van der Waals surface area contributed by atoms with Crippen LogP contribution in [0.1, 0.15) is 34.3 Å². The highest BCUT2D eigenvalue weighted by atomic mass is 16.1. The van der Waals surface area contributed by atoms with E-state index in [1.54, 1.807) is 0 Å². The minimum Gasteiger partial charge on any atom is -0.352 e. The second kappa shape index (κ2) is 6.07. The number of carbonyl (C=O) groups excluding carboxylic acids is 1. The van der Waals surface area contributed by atoms with Crippen LogP contribution in [0.5, 0.6) is 0 Å². The first-order valence-corrected chi connectivity index (χ1v) is 6.22. The zero-order chi connectivity index (χ0) is 12.8. The third kappa shape index (κ3) is 3.02. The Balaban J connectivity index is 1.87. The van der Waals surface area contributed by atoms with Gasteiger partial charge < -0.3 is 5.32 Å². The van der Waals surface area contributed by atoms with Crippen molar-refractivity contribution in [3.05, 3.63) is 45.3 Å². The summed E-state index contributed by atoms with van der Waals surface area (Å²) in [5, 5.41) is 6.24. The molecule has 0 aromatic heterocycles. The number of amides is 1. The number of rotatable bonds is 5. The molecule has 1 amide bonds. The summed E-state index contributed by atoms with van der Waals surface area (Å²) in [6.45, 7) is 0.954. The minimum absolute atomic E-state index is 0.0503. The number of benzene rings is 1. The average molecular weight is 244 g/mol. The maximum absolute atomic E-state index is 11.9. The summed E-state index contributed by atoms with van der Waals surface area (Å²) in [5.41, 5.74) is 11.5. The molecule has 0 saturated heterocycles. The van der Waals surface area contributed by atoms with E-state index in [1.165, 1.54) is 17.5 Å². The number of nitrogens with one attached hydrogen (secondary N) is 1. The standard InChI is InChI=1S/C13H16N4O/c14-17-16-8-2-7-15-13(18)12-6-5-10-3-1-4-11(10)9-12/h5-6,9H,1-4,7-8H2,(H,15,18). The SMILES string of the molecule is [N-]=[N+]=NCCCNC(=O)c1ccc2c(c1)CCC2. The van der Waals surface area contributed by atoms with Crippen molar-refractivity contribution in [2.75, 3.05) is 13.1 Å². The molecule has 0 saturated carbocycles. The number of aryl methyl sites for hydroxylation is 2. The van der Waals surface area contributed by atoms with Crippen LogP contribution < -0.4 is 5.32 Å². The molecule has 1 aliphatic rings. The number of hydrogen-bond donors (Lipinski definition) is 1. The van der Waals surface area contributed by atoms with E-state index in [-0.39, 0.29) is 5.91 Å². The number of fused-ring (bicyclic) bond motifs is 1. The molecule has 0 unspecified atom stereocenters. The van der Waals surface area contributed by atoms with Gasteiger partial charge in [-0.25, -0.2) is 0 Å². The molecule has 0 radical (unpaired) electrons. The van der Waals surface area contributed by atoms with Gasteiger partial charge in [0.2, 0.25) is 0 Å². The number of nitrogens with zero attached hydrogens (tertiary/aromatic N) is 3. The minimum atomic E-state index is -0.0503. The van der Waals surface area contributed by atoms with Gasteiger partial charge in [-0.1, -0.05) is 11.2 Å². The lowest BCUT2D eigenvalue weighted by molar-refractivity contribution is 0.0953. The molecule has 94 valence electrons. The molecular formula is C13H16N4O. The molecule has 0 bridgehead atoms. The predicted octanol–water partition coefficient (Wildman–Crippen LogP) is 2.61. The van der Waals surface area contributed by atoms with Crippen LogP contribution in [-0.2, 0) is 12.8 Å². The molecule has 1 aliphatic carbocycles. The highest BCUT2D eigenvalue weighted by molar-refractivity contribution is 5.94. The number of hydrogen-bond acceptors (Lipinski definition) is 2. The van der Waals surface area contributed by atoms with Crippen molar-refractivity contribution in [1.82, 2.24) is 5.32 Å². The lowest BCUT2D eigenvalue weighted by atomic mass is 10.1. The van der Waals surface area contributed by atoms with Crippen molar-refractivity contribution in [2.45, 2.75) is 25.7 Å². The van der Waals surface area contributed by atoms with Crippen molar-refractivity contribution in [3.8, 4) is 0 Å². The van der Waals surface area contributed by atoms with Crippen molar-refractivity contribution < 1.29 is 4.79 Å². The number of carbonyl (C=O) groups is 1. The third-order valence-corrected chi connectivity index (χ3v) is 3.14. The predicted molar refractivity (Wildman–Crippen MR) is 69.4 cm³/mol. The summed E-state index contributed by atoms with van der Waals surface area (Å²) in [4.78, 5) is 14.5. The van der Waals surface area contributed by atoms with Gasteiger partial charge in [0.25, 0.3) is 5.91 Å². The average Bonchev–Trinajstić information content (AvgIpc) is 2.85. The van der Waals surface area contributed by atoms with E-state index in [0.29, 0.717) is 19.5 Å². The Kier molecular flexibility index (Phi) is 4.20. The molecule has 1 N–H and O–H groups in total. The fraction of sp³-hybridized carbons (Fsp3) is 0.462. The van der Waals surface area contributed by atoms with E-state index in [1.807, 2.05) is 12.1 Å². The van der Waals surface area contributed by atoms with Crippen LogP contribution in [0.3, 0.4) is 0 Å². The summed E-state index contributed by atoms with van der Waals surface area (Å²) in [6.07, 6.45) is 4.06. The first kappa shape index (κ1) is 12.5. The van der Waals surface area contributed by atoms with Gasteiger partial charge >= 0.3 is 0 Å². The van der Waals surface area contributed by atoms with Gasteiger partial charge in [-0.15, -0.1) is 0 Å². The molecule has 1 aromatic carbocycles. The van der Waals surface area contributed by atoms with Gasteiger partial charge in [-0.3, -0.25) is 4.79 Å². The highest BCUT2D eigenvalue weighted by Crippen LogP contribution is 2.22. The molecule has 2 rings (SSSR count). The van der Waals surface area contributed by atoms with E-state index in [4.69, 9.17) is 5.53 Å². The van der Waals surface area contributed by atoms with Crippen molar-refractivity contribution in [2.24, 2.45) is 5.11 Å². The first-order chi connectivity index (χ1) is 8.81. The molecule has 0 aliphatic heterocycles. The lowest BCUT2D eigenvalue weighted by Crippen LogP contribution is -2.24. The first-order valence-electron chi connectivity index (χ1n) is 6.22. The van der Waals surface area contributed by atoms with Crippen LogP contribution in [0.25, 0.3) is 10.4 Å². The molecule has 5 nitrogen and oxygen atoms in total. The Morgan fingerprint density at radius 3 is 3.06 bits per heavy atom. The molecule has 0 spiro atoms. The van der Waals surface area contributed by atoms with Gasteiger partial charge in [-0.05, 0) is 54.5 Å². The van der Waals surface area contributed by atoms with E-state index < -0.39 is 0 Å². The van der Waals surface area contributed by atoms with Crippen LogP contribution >= 0.6 is 0 Å². The Morgan fingerprint density at radius 1 is 1.39 bits per heavy atom. The largest absolute Gasteiger partial charge is 0.352 e. The molecule has 18 heavy (non-hydrogen) atoms. The van der Waals surface area contributed by atoms with E-state index in [9.17, 15) is 4.79 Å². The Morgan fingerprint density at radius 2 is 2.22 bits per heavy atom. The summed E-state index contributed by atoms with van der Waals surface area (Å²) in [6, 6.07) is 5.93. The van der Waals surface area contributed by atoms with Crippen molar-refractivity contribution in [1.29, 1.82) is 0 Å². The molecule has 0 heterocycles. The van der Waals surface area contributed by atoms with E-state index in [2.05, 4.69) is 21.4 Å². The van der Waals surface area contributed by atoms with Crippen LogP contribution in [0.4, 0.5) is 0 Å². The molecule has 5 heteroatoms. The van der Waals surface area contributed by atoms with Gasteiger partial charge in [0, 0.05) is 23.6 Å². The zero-order valence-corrected chi connectivity index (χ0v) is 10.2. The number of azide groups is 1. The molecule has 0 atom stereocenters. The highest BCUT2D eigenvalue weighted by Gasteiger charge is 2.13. The molecule has 0 fully saturated rings. The van der Waals surface area contributed by atoms with Gasteiger partial charge in [0.05, 0.1) is 0 Å². The van der Waals surface area contributed by atoms with Gasteiger partial charge in [-0.2, -0.15) is 0 Å². The van der Waals surface area contributed by atoms with Crippen LogP contribution in [0, 0.1) is 0 Å². The zero-order valence-electron chi connectivity index (χ0n) is 10.2. The monoisotopic (exact) mass is 244 g/mol. The molecular weight excluding hydrogens is 228 g/mol. The van der Waals surface area contributed by atoms with E-state index >= 15 is 0 Å². The topological polar surface area (TPSA) is 77.9 Å². The van der Waals surface area contributed by atoms with Gasteiger partial charge in [0.1, 0.15) is 0 Å². The Labute approximate surface area is 106 Å². The van der Waals surface area contributed by atoms with Crippen molar-refractivity contribution in [3.63, 3.8) is 0 Å². The summed E-state index contributed by atoms with van der Waals surface area (Å²) in [7, 11) is 0. The maximum atomic E-state index is 11.9. The lowest BCUT2D eigenvalue weighted by Gasteiger charge is -2.06. The fourth-order valence-corrected chi connectivity index (χ4v) is 2.21. The smallest absolute Gasteiger partial charge is 0.251 e. The Hall–Kier alpha value is -2.00. The Bertz CT molecular complexity index is 492. The van der Waals surface area contributed by atoms with Gasteiger partial charge in [0.15, 0.2) is 0 Å². The van der Waals surface area contributed by atoms with E-state index in [0.717, 1.165) is 18.4 Å². The summed E-state index contributed by atoms with van der Waals surface area (Å²) in [5.74, 6) is -0.0503. The van der Waals surface area contributed by atoms with Crippen molar-refractivity contribution >= 4 is 5.91 Å². The van der Waals surface area contributed by atoms with Crippen LogP contribution in [-0.4, -0.2) is 19.0 Å². The third-order valence-electron chi connectivity index (χ3n) is 3.14.